The van der Waals surface area contributed by atoms with E-state index < -0.39 is 0 Å². The number of amides is 1. The molecule has 1 amide bonds. The van der Waals surface area contributed by atoms with Gasteiger partial charge in [-0.05, 0) is 25.1 Å². The van der Waals surface area contributed by atoms with E-state index in [1.54, 1.807) is 25.1 Å². The predicted molar refractivity (Wildman–Crippen MR) is 72.6 cm³/mol. The fourth-order valence-corrected chi connectivity index (χ4v) is 1.56. The van der Waals surface area contributed by atoms with Gasteiger partial charge >= 0.3 is 0 Å². The van der Waals surface area contributed by atoms with Crippen molar-refractivity contribution in [1.29, 1.82) is 0 Å². The lowest BCUT2D eigenvalue weighted by Crippen LogP contribution is -2.23. The summed E-state index contributed by atoms with van der Waals surface area (Å²) in [6.07, 6.45) is 0. The van der Waals surface area contributed by atoms with Crippen LogP contribution >= 0.6 is 0 Å². The van der Waals surface area contributed by atoms with Crippen LogP contribution in [0.1, 0.15) is 27.6 Å². The molecule has 0 saturated heterocycles. The van der Waals surface area contributed by atoms with Crippen molar-refractivity contribution in [2.24, 2.45) is 5.73 Å². The van der Waals surface area contributed by atoms with Gasteiger partial charge in [0, 0.05) is 11.1 Å². The molecule has 0 atom stereocenters. The van der Waals surface area contributed by atoms with Crippen LogP contribution in [-0.2, 0) is 6.54 Å². The first-order chi connectivity index (χ1) is 9.69. The Bertz CT molecular complexity index is 667. The SMILES string of the molecule is Cc1noc(CNC(=O)c2cccc(C#CCN)c2)n1. The third kappa shape index (κ3) is 3.67. The first kappa shape index (κ1) is 13.8. The molecule has 0 aliphatic rings. The van der Waals surface area contributed by atoms with Crippen LogP contribution in [0, 0.1) is 18.8 Å². The summed E-state index contributed by atoms with van der Waals surface area (Å²) in [7, 11) is 0. The smallest absolute Gasteiger partial charge is 0.251 e. The lowest BCUT2D eigenvalue weighted by atomic mass is 10.1. The van der Waals surface area contributed by atoms with E-state index in [2.05, 4.69) is 27.3 Å². The second-order valence-corrected chi connectivity index (χ2v) is 4.00. The lowest BCUT2D eigenvalue weighted by molar-refractivity contribution is 0.0946. The summed E-state index contributed by atoms with van der Waals surface area (Å²) < 4.78 is 4.92. The molecule has 20 heavy (non-hydrogen) atoms. The van der Waals surface area contributed by atoms with Gasteiger partial charge in [0.1, 0.15) is 0 Å². The van der Waals surface area contributed by atoms with E-state index in [9.17, 15) is 4.79 Å². The summed E-state index contributed by atoms with van der Waals surface area (Å²) in [6.45, 7) is 2.19. The van der Waals surface area contributed by atoms with Crippen LogP contribution < -0.4 is 11.1 Å². The molecule has 2 rings (SSSR count). The average Bonchev–Trinajstić information content (AvgIpc) is 2.88. The number of carbonyl (C=O) groups excluding carboxylic acids is 1. The van der Waals surface area contributed by atoms with Crippen molar-refractivity contribution in [1.82, 2.24) is 15.5 Å². The lowest BCUT2D eigenvalue weighted by Gasteiger charge is -2.02. The maximum absolute atomic E-state index is 12.0. The summed E-state index contributed by atoms with van der Waals surface area (Å²) in [6, 6.07) is 7.01. The van der Waals surface area contributed by atoms with Gasteiger partial charge in [0.2, 0.25) is 5.89 Å². The molecule has 2 aromatic rings. The van der Waals surface area contributed by atoms with Crippen LogP contribution in [-0.4, -0.2) is 22.6 Å². The largest absolute Gasteiger partial charge is 0.343 e. The number of hydrogen-bond acceptors (Lipinski definition) is 5. The van der Waals surface area contributed by atoms with Gasteiger partial charge < -0.3 is 15.6 Å². The van der Waals surface area contributed by atoms with Crippen molar-refractivity contribution in [2.45, 2.75) is 13.5 Å². The number of nitrogens with one attached hydrogen (secondary N) is 1. The molecule has 6 nitrogen and oxygen atoms in total. The highest BCUT2D eigenvalue weighted by Crippen LogP contribution is 2.04. The molecule has 3 N–H and O–H groups in total. The first-order valence-electron chi connectivity index (χ1n) is 6.05. The summed E-state index contributed by atoms with van der Waals surface area (Å²) in [5, 5.41) is 6.35. The second kappa shape index (κ2) is 6.50. The molecule has 0 aliphatic heterocycles. The van der Waals surface area contributed by atoms with Crippen LogP contribution in [0.3, 0.4) is 0 Å². The van der Waals surface area contributed by atoms with Crippen molar-refractivity contribution in [2.75, 3.05) is 6.54 Å². The van der Waals surface area contributed by atoms with Crippen molar-refractivity contribution in [3.05, 3.63) is 47.1 Å². The molecular weight excluding hydrogens is 256 g/mol. The quantitative estimate of drug-likeness (QED) is 0.797. The summed E-state index contributed by atoms with van der Waals surface area (Å²) in [5.74, 6) is 6.31. The average molecular weight is 270 g/mol. The Hall–Kier alpha value is -2.65. The van der Waals surface area contributed by atoms with Gasteiger partial charge in [-0.25, -0.2) is 0 Å². The highest BCUT2D eigenvalue weighted by Gasteiger charge is 2.08. The van der Waals surface area contributed by atoms with Crippen molar-refractivity contribution in [3.63, 3.8) is 0 Å². The fourth-order valence-electron chi connectivity index (χ4n) is 1.56. The molecule has 1 aromatic heterocycles. The van der Waals surface area contributed by atoms with Gasteiger partial charge in [0.25, 0.3) is 5.91 Å². The van der Waals surface area contributed by atoms with Gasteiger partial charge in [-0.2, -0.15) is 4.98 Å². The summed E-state index contributed by atoms with van der Waals surface area (Å²) in [4.78, 5) is 16.0. The molecule has 0 spiro atoms. The van der Waals surface area contributed by atoms with Crippen molar-refractivity contribution in [3.8, 4) is 11.8 Å². The Labute approximate surface area is 116 Å². The molecular formula is C14H14N4O2. The van der Waals surface area contributed by atoms with E-state index >= 15 is 0 Å². The molecule has 0 unspecified atom stereocenters. The highest BCUT2D eigenvalue weighted by molar-refractivity contribution is 5.94. The molecule has 0 radical (unpaired) electrons. The molecule has 0 bridgehead atoms. The number of carbonyl (C=O) groups is 1. The fraction of sp³-hybridized carbons (Fsp3) is 0.214. The third-order valence-corrected chi connectivity index (χ3v) is 2.43. The number of rotatable bonds is 3. The molecule has 6 heteroatoms. The predicted octanol–water partition coefficient (Wildman–Crippen LogP) is 0.618. The van der Waals surface area contributed by atoms with E-state index in [-0.39, 0.29) is 19.0 Å². The molecule has 0 aliphatic carbocycles. The number of hydrogen-bond donors (Lipinski definition) is 2. The summed E-state index contributed by atoms with van der Waals surface area (Å²) >= 11 is 0. The Morgan fingerprint density at radius 2 is 2.35 bits per heavy atom. The van der Waals surface area contributed by atoms with E-state index in [0.29, 0.717) is 17.3 Å². The number of nitrogens with two attached hydrogens (primary N) is 1. The van der Waals surface area contributed by atoms with Crippen molar-refractivity contribution < 1.29 is 9.32 Å². The van der Waals surface area contributed by atoms with Crippen LogP contribution in [0.4, 0.5) is 0 Å². The number of benzene rings is 1. The van der Waals surface area contributed by atoms with Gasteiger partial charge in [-0.15, -0.1) is 0 Å². The molecule has 1 heterocycles. The van der Waals surface area contributed by atoms with E-state index in [1.165, 1.54) is 0 Å². The van der Waals surface area contributed by atoms with Gasteiger partial charge in [0.15, 0.2) is 5.82 Å². The number of aromatic nitrogens is 2. The topological polar surface area (TPSA) is 94.0 Å². The van der Waals surface area contributed by atoms with Crippen LogP contribution in [0.5, 0.6) is 0 Å². The molecule has 102 valence electrons. The minimum absolute atomic E-state index is 0.193. The van der Waals surface area contributed by atoms with Crippen LogP contribution in [0.2, 0.25) is 0 Å². The summed E-state index contributed by atoms with van der Waals surface area (Å²) in [5.41, 5.74) is 6.58. The van der Waals surface area contributed by atoms with Crippen LogP contribution in [0.25, 0.3) is 0 Å². The van der Waals surface area contributed by atoms with Gasteiger partial charge in [-0.1, -0.05) is 23.1 Å². The van der Waals surface area contributed by atoms with E-state index in [4.69, 9.17) is 10.3 Å². The number of aryl methyl sites for hydroxylation is 1. The molecule has 0 fully saturated rings. The zero-order chi connectivity index (χ0) is 14.4. The Balaban J connectivity index is 2.01. The zero-order valence-corrected chi connectivity index (χ0v) is 11.0. The number of nitrogens with zero attached hydrogens (tertiary/aromatic N) is 2. The van der Waals surface area contributed by atoms with Gasteiger partial charge in [0.05, 0.1) is 13.1 Å². The normalized spacial score (nSPS) is 9.70. The Kier molecular flexibility index (Phi) is 4.47. The third-order valence-electron chi connectivity index (χ3n) is 2.43. The van der Waals surface area contributed by atoms with Gasteiger partial charge in [-0.3, -0.25) is 4.79 Å². The Morgan fingerprint density at radius 1 is 1.50 bits per heavy atom. The van der Waals surface area contributed by atoms with E-state index in [1.807, 2.05) is 6.07 Å². The zero-order valence-electron chi connectivity index (χ0n) is 11.0. The second-order valence-electron chi connectivity index (χ2n) is 4.00. The first-order valence-corrected chi connectivity index (χ1v) is 6.05. The van der Waals surface area contributed by atoms with E-state index in [0.717, 1.165) is 5.56 Å². The van der Waals surface area contributed by atoms with Crippen molar-refractivity contribution >= 4 is 5.91 Å². The minimum atomic E-state index is -0.225. The maximum Gasteiger partial charge on any atom is 0.251 e. The Morgan fingerprint density at radius 3 is 3.05 bits per heavy atom. The minimum Gasteiger partial charge on any atom is -0.343 e. The standard InChI is InChI=1S/C14H14N4O2/c1-10-17-13(20-18-10)9-16-14(19)12-6-2-4-11(8-12)5-3-7-15/h2,4,6,8H,7,9,15H2,1H3,(H,16,19). The van der Waals surface area contributed by atoms with Crippen LogP contribution in [0.15, 0.2) is 28.8 Å². The maximum atomic E-state index is 12.0. The molecule has 1 aromatic carbocycles. The highest BCUT2D eigenvalue weighted by atomic mass is 16.5. The monoisotopic (exact) mass is 270 g/mol. The molecule has 0 saturated carbocycles.